The molecule has 0 bridgehead atoms. The molecule has 0 spiro atoms. The Balaban J connectivity index is 3.37. The van der Waals surface area contributed by atoms with E-state index in [0.29, 0.717) is 23.3 Å². The fraction of sp³-hybridized carbons (Fsp3) is 0.364. The summed E-state index contributed by atoms with van der Waals surface area (Å²) >= 11 is 0. The Kier molecular flexibility index (Phi) is 3.53. The molecule has 0 aliphatic rings. The van der Waals surface area contributed by atoms with Crippen LogP contribution in [-0.4, -0.2) is 12.2 Å². The summed E-state index contributed by atoms with van der Waals surface area (Å²) in [5, 5.41) is 18.7. The van der Waals surface area contributed by atoms with Gasteiger partial charge in [0.25, 0.3) is 0 Å². The molecule has 0 amide bonds. The van der Waals surface area contributed by atoms with E-state index in [0.717, 1.165) is 0 Å². The van der Waals surface area contributed by atoms with Crippen LogP contribution in [0.4, 0.5) is 0 Å². The average molecular weight is 206 g/mol. The fourth-order valence-electron chi connectivity index (χ4n) is 1.43. The van der Waals surface area contributed by atoms with Crippen molar-refractivity contribution in [1.29, 1.82) is 5.26 Å². The molecule has 0 heterocycles. The lowest BCUT2D eigenvalue weighted by Gasteiger charge is -2.15. The van der Waals surface area contributed by atoms with Crippen LogP contribution in [0.5, 0.6) is 11.5 Å². The maximum Gasteiger partial charge on any atom is 0.163 e. The molecule has 0 saturated heterocycles. The van der Waals surface area contributed by atoms with Crippen molar-refractivity contribution in [3.05, 3.63) is 23.3 Å². The van der Waals surface area contributed by atoms with Gasteiger partial charge in [0.1, 0.15) is 0 Å². The van der Waals surface area contributed by atoms with Gasteiger partial charge in [0.2, 0.25) is 0 Å². The molecule has 1 rings (SSSR count). The van der Waals surface area contributed by atoms with Crippen LogP contribution in [-0.2, 0) is 0 Å². The molecule has 1 aromatic carbocycles. The summed E-state index contributed by atoms with van der Waals surface area (Å²) < 4.78 is 4.96. The van der Waals surface area contributed by atoms with Gasteiger partial charge >= 0.3 is 0 Å². The van der Waals surface area contributed by atoms with E-state index in [1.807, 2.05) is 13.0 Å². The monoisotopic (exact) mass is 206 g/mol. The third kappa shape index (κ3) is 2.03. The highest BCUT2D eigenvalue weighted by Crippen LogP contribution is 2.36. The number of aromatic hydroxyl groups is 1. The summed E-state index contributed by atoms with van der Waals surface area (Å²) in [5.41, 5.74) is 6.68. The van der Waals surface area contributed by atoms with Crippen LogP contribution in [0.3, 0.4) is 0 Å². The van der Waals surface area contributed by atoms with Crippen LogP contribution in [0.25, 0.3) is 0 Å². The minimum atomic E-state index is -0.352. The molecule has 1 aromatic rings. The second-order valence-electron chi connectivity index (χ2n) is 3.20. The van der Waals surface area contributed by atoms with E-state index in [9.17, 15) is 5.11 Å². The second-order valence-corrected chi connectivity index (χ2v) is 3.20. The summed E-state index contributed by atoms with van der Waals surface area (Å²) in [6.07, 6.45) is 0.648. The minimum Gasteiger partial charge on any atom is -0.504 e. The van der Waals surface area contributed by atoms with Gasteiger partial charge in [-0.15, -0.1) is 0 Å². The standard InChI is InChI=1S/C11H14N2O2/c1-3-8(13)10-7(6-12)4-5-9(15-2)11(10)14/h4-5,8,14H,3,13H2,1-2H3/t8-/m1/s1. The Hall–Kier alpha value is -1.73. The molecular formula is C11H14N2O2. The van der Waals surface area contributed by atoms with E-state index in [2.05, 4.69) is 0 Å². The van der Waals surface area contributed by atoms with E-state index < -0.39 is 0 Å². The van der Waals surface area contributed by atoms with Crippen LogP contribution in [0.15, 0.2) is 12.1 Å². The van der Waals surface area contributed by atoms with Gasteiger partial charge in [0.05, 0.1) is 18.7 Å². The number of nitrogens with zero attached hydrogens (tertiary/aromatic N) is 1. The lowest BCUT2D eigenvalue weighted by atomic mass is 9.98. The largest absolute Gasteiger partial charge is 0.504 e. The number of hydrogen-bond acceptors (Lipinski definition) is 4. The van der Waals surface area contributed by atoms with Crippen molar-refractivity contribution in [2.24, 2.45) is 5.73 Å². The van der Waals surface area contributed by atoms with Crippen LogP contribution in [0, 0.1) is 11.3 Å². The van der Waals surface area contributed by atoms with Gasteiger partial charge in [-0.3, -0.25) is 0 Å². The van der Waals surface area contributed by atoms with Gasteiger partial charge in [0, 0.05) is 11.6 Å². The topological polar surface area (TPSA) is 79.3 Å². The lowest BCUT2D eigenvalue weighted by Crippen LogP contribution is -2.11. The maximum atomic E-state index is 9.85. The van der Waals surface area contributed by atoms with Crippen LogP contribution in [0.1, 0.15) is 30.5 Å². The molecule has 15 heavy (non-hydrogen) atoms. The number of nitrogens with two attached hydrogens (primary N) is 1. The molecule has 0 radical (unpaired) electrons. The zero-order valence-corrected chi connectivity index (χ0v) is 8.82. The summed E-state index contributed by atoms with van der Waals surface area (Å²) in [5.74, 6) is 0.304. The Labute approximate surface area is 88.9 Å². The van der Waals surface area contributed by atoms with Crippen molar-refractivity contribution in [3.8, 4) is 17.6 Å². The Morgan fingerprint density at radius 2 is 2.27 bits per heavy atom. The van der Waals surface area contributed by atoms with E-state index >= 15 is 0 Å². The number of methoxy groups -OCH3 is 1. The maximum absolute atomic E-state index is 9.85. The number of phenols is 1. The van der Waals surface area contributed by atoms with Gasteiger partial charge in [-0.2, -0.15) is 5.26 Å². The first-order valence-electron chi connectivity index (χ1n) is 4.71. The van der Waals surface area contributed by atoms with Crippen molar-refractivity contribution >= 4 is 0 Å². The number of ether oxygens (including phenoxy) is 1. The van der Waals surface area contributed by atoms with Crippen molar-refractivity contribution in [3.63, 3.8) is 0 Å². The van der Waals surface area contributed by atoms with E-state index in [-0.39, 0.29) is 11.8 Å². The number of nitriles is 1. The number of hydrogen-bond donors (Lipinski definition) is 2. The quantitative estimate of drug-likeness (QED) is 0.788. The molecule has 0 aromatic heterocycles. The van der Waals surface area contributed by atoms with Gasteiger partial charge < -0.3 is 15.6 Å². The Morgan fingerprint density at radius 1 is 1.60 bits per heavy atom. The Morgan fingerprint density at radius 3 is 2.73 bits per heavy atom. The first-order valence-corrected chi connectivity index (χ1v) is 4.71. The highest BCUT2D eigenvalue weighted by atomic mass is 16.5. The zero-order valence-electron chi connectivity index (χ0n) is 8.82. The van der Waals surface area contributed by atoms with Gasteiger partial charge in [-0.1, -0.05) is 6.92 Å². The SMILES string of the molecule is CC[C@@H](N)c1c(C#N)ccc(OC)c1O. The molecule has 0 aliphatic heterocycles. The van der Waals surface area contributed by atoms with E-state index in [1.54, 1.807) is 12.1 Å². The van der Waals surface area contributed by atoms with Crippen LogP contribution < -0.4 is 10.5 Å². The molecule has 0 aliphatic carbocycles. The van der Waals surface area contributed by atoms with Crippen molar-refractivity contribution in [2.45, 2.75) is 19.4 Å². The molecule has 0 unspecified atom stereocenters. The summed E-state index contributed by atoms with van der Waals surface area (Å²) in [7, 11) is 1.46. The molecule has 3 N–H and O–H groups in total. The first-order chi connectivity index (χ1) is 7.15. The third-order valence-electron chi connectivity index (χ3n) is 2.33. The van der Waals surface area contributed by atoms with Crippen LogP contribution >= 0.6 is 0 Å². The van der Waals surface area contributed by atoms with Crippen molar-refractivity contribution in [1.82, 2.24) is 0 Å². The smallest absolute Gasteiger partial charge is 0.163 e. The molecule has 4 nitrogen and oxygen atoms in total. The first kappa shape index (κ1) is 11.3. The fourth-order valence-corrected chi connectivity index (χ4v) is 1.43. The minimum absolute atomic E-state index is 0.0362. The molecule has 4 heteroatoms. The summed E-state index contributed by atoms with van der Waals surface area (Å²) in [4.78, 5) is 0. The predicted molar refractivity (Wildman–Crippen MR) is 56.6 cm³/mol. The van der Waals surface area contributed by atoms with E-state index in [1.165, 1.54) is 7.11 Å². The highest BCUT2D eigenvalue weighted by Gasteiger charge is 2.17. The average Bonchev–Trinajstić information content (AvgIpc) is 2.27. The third-order valence-corrected chi connectivity index (χ3v) is 2.33. The van der Waals surface area contributed by atoms with E-state index in [4.69, 9.17) is 15.7 Å². The molecule has 0 fully saturated rings. The molecule has 1 atom stereocenters. The number of rotatable bonds is 3. The van der Waals surface area contributed by atoms with Gasteiger partial charge in [-0.05, 0) is 18.6 Å². The van der Waals surface area contributed by atoms with Crippen LogP contribution in [0.2, 0.25) is 0 Å². The zero-order chi connectivity index (χ0) is 11.4. The number of benzene rings is 1. The molecule has 0 saturated carbocycles. The second kappa shape index (κ2) is 4.67. The number of phenolic OH excluding ortho intramolecular Hbond substituents is 1. The Bertz CT molecular complexity index is 396. The molecular weight excluding hydrogens is 192 g/mol. The van der Waals surface area contributed by atoms with Crippen molar-refractivity contribution < 1.29 is 9.84 Å². The highest BCUT2D eigenvalue weighted by molar-refractivity contribution is 5.55. The molecule has 80 valence electrons. The summed E-state index contributed by atoms with van der Waals surface area (Å²) in [6.45, 7) is 1.89. The van der Waals surface area contributed by atoms with Gasteiger partial charge in [-0.25, -0.2) is 0 Å². The van der Waals surface area contributed by atoms with Crippen molar-refractivity contribution in [2.75, 3.05) is 7.11 Å². The predicted octanol–water partition coefficient (Wildman–Crippen LogP) is 1.68. The lowest BCUT2D eigenvalue weighted by molar-refractivity contribution is 0.368. The summed E-state index contributed by atoms with van der Waals surface area (Å²) in [6, 6.07) is 4.81. The van der Waals surface area contributed by atoms with Gasteiger partial charge in [0.15, 0.2) is 11.5 Å². The normalized spacial score (nSPS) is 11.9.